The van der Waals surface area contributed by atoms with Crippen LogP contribution in [0, 0.1) is 0 Å². The summed E-state index contributed by atoms with van der Waals surface area (Å²) >= 11 is 0. The lowest BCUT2D eigenvalue weighted by Gasteiger charge is -2.17. The second-order valence-electron chi connectivity index (χ2n) is 6.36. The Balaban J connectivity index is 0. The highest BCUT2D eigenvalue weighted by Crippen LogP contribution is 2.18. The second kappa shape index (κ2) is 18.5. The van der Waals surface area contributed by atoms with Crippen molar-refractivity contribution in [2.75, 3.05) is 38.6 Å². The molecule has 0 unspecified atom stereocenters. The van der Waals surface area contributed by atoms with Crippen LogP contribution in [0.4, 0.5) is 5.95 Å². The second-order valence-corrected chi connectivity index (χ2v) is 6.36. The topological polar surface area (TPSA) is 87.7 Å². The summed E-state index contributed by atoms with van der Waals surface area (Å²) < 4.78 is 0. The summed E-state index contributed by atoms with van der Waals surface area (Å²) in [7, 11) is 3.39. The summed E-state index contributed by atoms with van der Waals surface area (Å²) in [6.07, 6.45) is 9.43. The first-order valence-electron chi connectivity index (χ1n) is 11.0. The molecule has 1 aliphatic rings. The van der Waals surface area contributed by atoms with E-state index >= 15 is 0 Å². The van der Waals surface area contributed by atoms with Crippen LogP contribution in [0.25, 0.3) is 0 Å². The SMILES string of the molecule is C/C=C\C=C(/C)CN=CC1=C(N)CN(c2nccc(C(=O)N(C)C)n2)C1.C=C.CC.CC. The Hall–Kier alpha value is -3.22. The van der Waals surface area contributed by atoms with Crippen molar-refractivity contribution in [2.24, 2.45) is 10.7 Å². The first kappa shape index (κ1) is 31.0. The fourth-order valence-electron chi connectivity index (χ4n) is 2.40. The molecule has 1 amide bonds. The maximum absolute atomic E-state index is 12.1. The molecule has 0 aliphatic carbocycles. The smallest absolute Gasteiger partial charge is 0.272 e. The van der Waals surface area contributed by atoms with Crippen molar-refractivity contribution in [1.29, 1.82) is 0 Å². The van der Waals surface area contributed by atoms with Gasteiger partial charge in [0.2, 0.25) is 5.95 Å². The average Bonchev–Trinajstić information content (AvgIpc) is 3.21. The number of aromatic nitrogens is 2. The van der Waals surface area contributed by atoms with Crippen LogP contribution < -0.4 is 10.6 Å². The van der Waals surface area contributed by atoms with Crippen molar-refractivity contribution in [2.45, 2.75) is 41.5 Å². The molecule has 0 spiro atoms. The van der Waals surface area contributed by atoms with E-state index < -0.39 is 0 Å². The molecule has 7 nitrogen and oxygen atoms in total. The van der Waals surface area contributed by atoms with Crippen molar-refractivity contribution >= 4 is 18.1 Å². The molecule has 2 N–H and O–H groups in total. The summed E-state index contributed by atoms with van der Waals surface area (Å²) in [5.74, 6) is 0.340. The van der Waals surface area contributed by atoms with Crippen LogP contribution in [0.15, 0.2) is 65.5 Å². The van der Waals surface area contributed by atoms with Crippen molar-refractivity contribution in [1.82, 2.24) is 14.9 Å². The van der Waals surface area contributed by atoms with E-state index in [0.29, 0.717) is 31.3 Å². The van der Waals surface area contributed by atoms with Gasteiger partial charge in [-0.3, -0.25) is 9.79 Å². The van der Waals surface area contributed by atoms with Crippen LogP contribution in [-0.2, 0) is 0 Å². The van der Waals surface area contributed by atoms with Gasteiger partial charge < -0.3 is 15.5 Å². The van der Waals surface area contributed by atoms with Gasteiger partial charge in [0.25, 0.3) is 5.91 Å². The third kappa shape index (κ3) is 10.7. The van der Waals surface area contributed by atoms with Crippen molar-refractivity contribution in [3.8, 4) is 0 Å². The van der Waals surface area contributed by atoms with Gasteiger partial charge in [-0.25, -0.2) is 9.97 Å². The van der Waals surface area contributed by atoms with Gasteiger partial charge in [-0.05, 0) is 19.9 Å². The molecular weight excluding hydrogens is 400 g/mol. The minimum absolute atomic E-state index is 0.154. The summed E-state index contributed by atoms with van der Waals surface area (Å²) in [4.78, 5) is 28.6. The first-order chi connectivity index (χ1) is 15.4. The fraction of sp³-hybridized carbons (Fsp3) is 0.440. The van der Waals surface area contributed by atoms with Crippen molar-refractivity contribution in [3.05, 3.63) is 66.2 Å². The number of allylic oxidation sites excluding steroid dienone is 3. The van der Waals surface area contributed by atoms with Gasteiger partial charge in [-0.15, -0.1) is 13.2 Å². The molecule has 2 rings (SSSR count). The van der Waals surface area contributed by atoms with Crippen LogP contribution in [0.2, 0.25) is 0 Å². The predicted molar refractivity (Wildman–Crippen MR) is 139 cm³/mol. The average molecular weight is 443 g/mol. The molecule has 0 aromatic carbocycles. The highest BCUT2D eigenvalue weighted by Gasteiger charge is 2.22. The van der Waals surface area contributed by atoms with Gasteiger partial charge in [0.05, 0.1) is 13.1 Å². The molecule has 178 valence electrons. The monoisotopic (exact) mass is 442 g/mol. The molecule has 7 heteroatoms. The van der Waals surface area contributed by atoms with E-state index in [-0.39, 0.29) is 5.91 Å². The van der Waals surface area contributed by atoms with Crippen molar-refractivity contribution < 1.29 is 4.79 Å². The minimum atomic E-state index is -0.154. The molecule has 1 aliphatic heterocycles. The molecule has 2 heterocycles. The fourth-order valence-corrected chi connectivity index (χ4v) is 2.40. The van der Waals surface area contributed by atoms with Gasteiger partial charge in [-0.1, -0.05) is 51.5 Å². The van der Waals surface area contributed by atoms with E-state index in [1.165, 1.54) is 10.5 Å². The lowest BCUT2D eigenvalue weighted by Crippen LogP contribution is -2.27. The molecule has 0 fully saturated rings. The quantitative estimate of drug-likeness (QED) is 0.393. The van der Waals surface area contributed by atoms with Crippen LogP contribution in [-0.4, -0.2) is 60.7 Å². The Morgan fingerprint density at radius 1 is 1.25 bits per heavy atom. The lowest BCUT2D eigenvalue weighted by atomic mass is 10.2. The third-order valence-corrected chi connectivity index (χ3v) is 3.85. The third-order valence-electron chi connectivity index (χ3n) is 3.85. The van der Waals surface area contributed by atoms with Crippen molar-refractivity contribution in [3.63, 3.8) is 0 Å². The predicted octanol–water partition coefficient (Wildman–Crippen LogP) is 4.66. The summed E-state index contributed by atoms with van der Waals surface area (Å²) in [6, 6.07) is 1.61. The van der Waals surface area contributed by atoms with E-state index in [1.807, 2.05) is 70.9 Å². The van der Waals surface area contributed by atoms with E-state index in [9.17, 15) is 4.79 Å². The molecule has 1 aromatic rings. The molecule has 0 saturated carbocycles. The molecule has 32 heavy (non-hydrogen) atoms. The summed E-state index contributed by atoms with van der Waals surface area (Å²) in [5, 5.41) is 0. The molecule has 1 aromatic heterocycles. The number of hydrogen-bond acceptors (Lipinski definition) is 6. The summed E-state index contributed by atoms with van der Waals surface area (Å²) in [6.45, 7) is 19.7. The first-order valence-corrected chi connectivity index (χ1v) is 11.0. The van der Waals surface area contributed by atoms with Crippen LogP contribution in [0.5, 0.6) is 0 Å². The van der Waals surface area contributed by atoms with Gasteiger partial charge in [0.15, 0.2) is 0 Å². The van der Waals surface area contributed by atoms with Gasteiger partial charge in [0.1, 0.15) is 5.69 Å². The highest BCUT2D eigenvalue weighted by molar-refractivity contribution is 5.92. The van der Waals surface area contributed by atoms with Gasteiger partial charge in [0, 0.05) is 44.3 Å². The number of aliphatic imine (C=N–C) groups is 1. The zero-order valence-corrected chi connectivity index (χ0v) is 21.2. The normalized spacial score (nSPS) is 13.1. The van der Waals surface area contributed by atoms with E-state index in [1.54, 1.807) is 26.4 Å². The molecule has 0 saturated heterocycles. The zero-order valence-electron chi connectivity index (χ0n) is 21.2. The number of rotatable bonds is 6. The number of nitrogens with two attached hydrogens (primary N) is 1. The Morgan fingerprint density at radius 2 is 1.88 bits per heavy atom. The lowest BCUT2D eigenvalue weighted by molar-refractivity contribution is 0.0822. The Bertz CT molecular complexity index is 793. The summed E-state index contributed by atoms with van der Waals surface area (Å²) in [5.41, 5.74) is 9.38. The standard InChI is InChI=1S/C19H26N6O.2C2H6.C2H4/c1-5-6-7-14(2)10-21-11-15-12-25(13-16(15)20)19-22-9-8-17(23-19)18(26)24(3)4;3*1-2/h5-9,11H,10,12-13,20H2,1-4H3;2*1-2H3;1-2H2/b6-5-,14-7+,21-11?;;;. The molecule has 0 radical (unpaired) electrons. The highest BCUT2D eigenvalue weighted by atomic mass is 16.2. The Kier molecular flexibility index (Phi) is 17.9. The van der Waals surface area contributed by atoms with Gasteiger partial charge >= 0.3 is 0 Å². The molecule has 0 atom stereocenters. The number of hydrogen-bond donors (Lipinski definition) is 1. The number of carbonyl (C=O) groups excluding carboxylic acids is 1. The van der Waals surface area contributed by atoms with Crippen LogP contribution in [0.1, 0.15) is 52.0 Å². The molecule has 0 bridgehead atoms. The maximum Gasteiger partial charge on any atom is 0.272 e. The van der Waals surface area contributed by atoms with E-state index in [4.69, 9.17) is 5.73 Å². The zero-order chi connectivity index (χ0) is 25.1. The number of carbonyl (C=O) groups is 1. The van der Waals surface area contributed by atoms with Crippen LogP contribution in [0.3, 0.4) is 0 Å². The molecular formula is C25H42N6O. The van der Waals surface area contributed by atoms with E-state index in [2.05, 4.69) is 28.1 Å². The number of anilines is 1. The van der Waals surface area contributed by atoms with Gasteiger partial charge in [-0.2, -0.15) is 0 Å². The largest absolute Gasteiger partial charge is 0.400 e. The van der Waals surface area contributed by atoms with E-state index in [0.717, 1.165) is 11.3 Å². The number of amides is 1. The number of nitrogens with zero attached hydrogens (tertiary/aromatic N) is 5. The Labute approximate surface area is 195 Å². The Morgan fingerprint density at radius 3 is 2.44 bits per heavy atom. The minimum Gasteiger partial charge on any atom is -0.400 e. The maximum atomic E-state index is 12.1. The van der Waals surface area contributed by atoms with Crippen LogP contribution >= 0.6 is 0 Å².